The van der Waals surface area contributed by atoms with Gasteiger partial charge in [-0.2, -0.15) is 11.8 Å². The minimum atomic E-state index is -0.981. The Morgan fingerprint density at radius 2 is 2.00 bits per heavy atom. The molecule has 0 amide bonds. The largest absolute Gasteiger partial charge is 0.480 e. The molecule has 0 aromatic carbocycles. The number of carboxylic acids is 2. The number of hydrogen-bond acceptors (Lipinski definition) is 4. The van der Waals surface area contributed by atoms with Crippen molar-refractivity contribution in [3.05, 3.63) is 12.7 Å². The molecule has 0 aromatic rings. The Kier molecular flexibility index (Phi) is 12.1. The van der Waals surface area contributed by atoms with Crippen LogP contribution < -0.4 is 5.32 Å². The summed E-state index contributed by atoms with van der Waals surface area (Å²) in [7, 11) is 1.67. The van der Waals surface area contributed by atoms with Crippen molar-refractivity contribution < 1.29 is 19.8 Å². The minimum absolute atomic E-state index is 0.382. The third-order valence-electron chi connectivity index (χ3n) is 1.43. The van der Waals surface area contributed by atoms with Gasteiger partial charge >= 0.3 is 11.9 Å². The molecule has 3 N–H and O–H groups in total. The highest BCUT2D eigenvalue weighted by atomic mass is 32.2. The van der Waals surface area contributed by atoms with Crippen LogP contribution in [0.15, 0.2) is 12.7 Å². The molecule has 0 unspecified atom stereocenters. The predicted molar refractivity (Wildman–Crippen MR) is 61.3 cm³/mol. The smallest absolute Gasteiger partial charge is 0.327 e. The van der Waals surface area contributed by atoms with Gasteiger partial charge in [-0.25, -0.2) is 4.79 Å². The first-order valence-corrected chi connectivity index (χ1v) is 5.63. The van der Waals surface area contributed by atoms with E-state index in [1.807, 2.05) is 6.26 Å². The molecular formula is C9H17NO4S. The maximum absolute atomic E-state index is 10.4. The molecule has 5 nitrogen and oxygen atoms in total. The van der Waals surface area contributed by atoms with Crippen molar-refractivity contribution >= 4 is 23.7 Å². The molecule has 6 heteroatoms. The number of nitrogens with one attached hydrogen (secondary N) is 1. The molecule has 0 aliphatic rings. The zero-order valence-corrected chi connectivity index (χ0v) is 9.71. The lowest BCUT2D eigenvalue weighted by molar-refractivity contribution is -0.139. The molecule has 88 valence electrons. The molecule has 0 heterocycles. The van der Waals surface area contributed by atoms with Crippen molar-refractivity contribution in [1.82, 2.24) is 5.32 Å². The second kappa shape index (κ2) is 11.1. The van der Waals surface area contributed by atoms with E-state index in [9.17, 15) is 9.59 Å². The molecule has 1 atom stereocenters. The van der Waals surface area contributed by atoms with Crippen LogP contribution in [0.3, 0.4) is 0 Å². The van der Waals surface area contributed by atoms with Gasteiger partial charge in [0.25, 0.3) is 0 Å². The monoisotopic (exact) mass is 235 g/mol. The van der Waals surface area contributed by atoms with Gasteiger partial charge in [0.2, 0.25) is 0 Å². The van der Waals surface area contributed by atoms with E-state index >= 15 is 0 Å². The van der Waals surface area contributed by atoms with Crippen LogP contribution in [0.25, 0.3) is 0 Å². The highest BCUT2D eigenvalue weighted by molar-refractivity contribution is 7.98. The number of aliphatic carboxylic acids is 2. The minimum Gasteiger partial charge on any atom is -0.480 e. The standard InChI is InChI=1S/C6H13NO2S.C3H4O2/c1-7-5(6(8)9)3-4-10-2;1-2-3(4)5/h5,7H,3-4H2,1-2H3,(H,8,9);2H,1H2,(H,4,5)/t5-;/m0./s1. The quantitative estimate of drug-likeness (QED) is 0.587. The SMILES string of the molecule is C=CC(=O)O.CN[C@@H](CCSC)C(=O)O. The summed E-state index contributed by atoms with van der Waals surface area (Å²) in [5, 5.41) is 18.9. The third kappa shape index (κ3) is 13.0. The van der Waals surface area contributed by atoms with E-state index in [2.05, 4.69) is 11.9 Å². The first kappa shape index (κ1) is 16.4. The molecule has 15 heavy (non-hydrogen) atoms. The van der Waals surface area contributed by atoms with E-state index in [1.54, 1.807) is 18.8 Å². The molecule has 0 spiro atoms. The van der Waals surface area contributed by atoms with Gasteiger partial charge in [-0.15, -0.1) is 0 Å². The molecule has 0 radical (unpaired) electrons. The molecule has 0 saturated heterocycles. The number of carbonyl (C=O) groups is 2. The summed E-state index contributed by atoms with van der Waals surface area (Å²) in [6.07, 6.45) is 3.49. The second-order valence-electron chi connectivity index (χ2n) is 2.50. The van der Waals surface area contributed by atoms with Crippen LogP contribution in [0.5, 0.6) is 0 Å². The summed E-state index contributed by atoms with van der Waals surface area (Å²) in [6, 6.07) is -0.382. The zero-order chi connectivity index (χ0) is 12.3. The van der Waals surface area contributed by atoms with Crippen LogP contribution in [0, 0.1) is 0 Å². The van der Waals surface area contributed by atoms with Crippen LogP contribution in [0.4, 0.5) is 0 Å². The summed E-state index contributed by atoms with van der Waals surface area (Å²) in [6.45, 7) is 2.96. The number of carboxylic acid groups (broad SMARTS) is 2. The topological polar surface area (TPSA) is 86.6 Å². The maximum atomic E-state index is 10.4. The van der Waals surface area contributed by atoms with Crippen molar-refractivity contribution in [2.24, 2.45) is 0 Å². The Hall–Kier alpha value is -1.01. The fraction of sp³-hybridized carbons (Fsp3) is 0.556. The van der Waals surface area contributed by atoms with E-state index < -0.39 is 11.9 Å². The van der Waals surface area contributed by atoms with Gasteiger partial charge in [0.1, 0.15) is 6.04 Å². The summed E-state index contributed by atoms with van der Waals surface area (Å²) in [4.78, 5) is 19.6. The van der Waals surface area contributed by atoms with Crippen molar-refractivity contribution in [1.29, 1.82) is 0 Å². The Morgan fingerprint density at radius 1 is 1.53 bits per heavy atom. The van der Waals surface area contributed by atoms with E-state index in [0.717, 1.165) is 11.8 Å². The molecule has 0 fully saturated rings. The second-order valence-corrected chi connectivity index (χ2v) is 3.49. The van der Waals surface area contributed by atoms with E-state index in [0.29, 0.717) is 6.42 Å². The molecule has 0 saturated carbocycles. The van der Waals surface area contributed by atoms with Crippen molar-refractivity contribution in [3.8, 4) is 0 Å². The summed E-state index contributed by atoms with van der Waals surface area (Å²) < 4.78 is 0. The Labute approximate surface area is 93.6 Å². The van der Waals surface area contributed by atoms with Crippen LogP contribution in [0.2, 0.25) is 0 Å². The number of rotatable bonds is 6. The van der Waals surface area contributed by atoms with E-state index in [1.165, 1.54) is 0 Å². The molecule has 0 aliphatic carbocycles. The van der Waals surface area contributed by atoms with Gasteiger partial charge in [-0.3, -0.25) is 4.79 Å². The van der Waals surface area contributed by atoms with E-state index in [4.69, 9.17) is 10.2 Å². The molecule has 0 aromatic heterocycles. The lowest BCUT2D eigenvalue weighted by Gasteiger charge is -2.08. The molecule has 0 rings (SSSR count). The molecule has 0 bridgehead atoms. The Morgan fingerprint density at radius 3 is 2.20 bits per heavy atom. The van der Waals surface area contributed by atoms with E-state index in [-0.39, 0.29) is 6.04 Å². The predicted octanol–water partition coefficient (Wildman–Crippen LogP) is 0.669. The highest BCUT2D eigenvalue weighted by Crippen LogP contribution is 1.99. The van der Waals surface area contributed by atoms with Gasteiger partial charge in [0, 0.05) is 6.08 Å². The highest BCUT2D eigenvalue weighted by Gasteiger charge is 2.12. The van der Waals surface area contributed by atoms with Gasteiger partial charge in [0.05, 0.1) is 0 Å². The zero-order valence-electron chi connectivity index (χ0n) is 8.90. The number of likely N-dealkylation sites (N-methyl/N-ethyl adjacent to an activating group) is 1. The number of hydrogen-bond donors (Lipinski definition) is 3. The average Bonchev–Trinajstić information content (AvgIpc) is 2.19. The first-order chi connectivity index (χ1) is 6.99. The Balaban J connectivity index is 0. The van der Waals surface area contributed by atoms with Crippen molar-refractivity contribution in [2.75, 3.05) is 19.1 Å². The normalized spacial score (nSPS) is 10.8. The van der Waals surface area contributed by atoms with Gasteiger partial charge in [0.15, 0.2) is 0 Å². The lowest BCUT2D eigenvalue weighted by Crippen LogP contribution is -2.34. The third-order valence-corrected chi connectivity index (χ3v) is 2.08. The van der Waals surface area contributed by atoms with Crippen LogP contribution >= 0.6 is 11.8 Å². The van der Waals surface area contributed by atoms with Crippen LogP contribution in [0.1, 0.15) is 6.42 Å². The number of thioether (sulfide) groups is 1. The molecular weight excluding hydrogens is 218 g/mol. The Bertz CT molecular complexity index is 208. The van der Waals surface area contributed by atoms with Gasteiger partial charge in [-0.05, 0) is 25.5 Å². The van der Waals surface area contributed by atoms with Crippen molar-refractivity contribution in [3.63, 3.8) is 0 Å². The van der Waals surface area contributed by atoms with Crippen LogP contribution in [-0.4, -0.2) is 47.2 Å². The summed E-state index contributed by atoms with van der Waals surface area (Å²) >= 11 is 1.66. The maximum Gasteiger partial charge on any atom is 0.327 e. The fourth-order valence-corrected chi connectivity index (χ4v) is 1.10. The first-order valence-electron chi connectivity index (χ1n) is 4.23. The molecule has 0 aliphatic heterocycles. The average molecular weight is 235 g/mol. The van der Waals surface area contributed by atoms with Gasteiger partial charge < -0.3 is 15.5 Å². The van der Waals surface area contributed by atoms with Crippen LogP contribution in [-0.2, 0) is 9.59 Å². The van der Waals surface area contributed by atoms with Crippen molar-refractivity contribution in [2.45, 2.75) is 12.5 Å². The lowest BCUT2D eigenvalue weighted by atomic mass is 10.2. The summed E-state index contributed by atoms with van der Waals surface area (Å²) in [5.41, 5.74) is 0. The van der Waals surface area contributed by atoms with Gasteiger partial charge in [-0.1, -0.05) is 6.58 Å². The fourth-order valence-electron chi connectivity index (χ4n) is 0.627. The summed E-state index contributed by atoms with van der Waals surface area (Å²) in [5.74, 6) is -0.862.